The van der Waals surface area contributed by atoms with E-state index in [4.69, 9.17) is 9.84 Å². The van der Waals surface area contributed by atoms with Crippen molar-refractivity contribution in [2.75, 3.05) is 13.7 Å². The van der Waals surface area contributed by atoms with Crippen LogP contribution in [0.3, 0.4) is 0 Å². The van der Waals surface area contributed by atoms with Crippen LogP contribution >= 0.6 is 0 Å². The van der Waals surface area contributed by atoms with Gasteiger partial charge in [-0.05, 0) is 12.8 Å². The third-order valence-electron chi connectivity index (χ3n) is 2.56. The summed E-state index contributed by atoms with van der Waals surface area (Å²) in [6, 6.07) is 0. The molecule has 0 amide bonds. The van der Waals surface area contributed by atoms with Crippen molar-refractivity contribution in [2.45, 2.75) is 39.5 Å². The zero-order valence-electron chi connectivity index (χ0n) is 8.80. The highest BCUT2D eigenvalue weighted by Crippen LogP contribution is 2.29. The van der Waals surface area contributed by atoms with Crippen LogP contribution < -0.4 is 0 Å². The fourth-order valence-corrected chi connectivity index (χ4v) is 1.46. The molecule has 0 aromatic carbocycles. The molecule has 0 aliphatic carbocycles. The van der Waals surface area contributed by atoms with Crippen molar-refractivity contribution in [1.82, 2.24) is 0 Å². The molecule has 1 atom stereocenters. The van der Waals surface area contributed by atoms with E-state index in [0.29, 0.717) is 19.4 Å². The molecule has 0 radical (unpaired) electrons. The quantitative estimate of drug-likeness (QED) is 0.666. The van der Waals surface area contributed by atoms with Crippen LogP contribution in [0, 0.1) is 5.41 Å². The largest absolute Gasteiger partial charge is 0.481 e. The van der Waals surface area contributed by atoms with Gasteiger partial charge in [-0.2, -0.15) is 0 Å². The highest BCUT2D eigenvalue weighted by atomic mass is 16.5. The molecule has 1 N–H and O–H groups in total. The number of methoxy groups -OCH3 is 1. The molecule has 0 bridgehead atoms. The van der Waals surface area contributed by atoms with Crippen LogP contribution in [0.2, 0.25) is 0 Å². The molecule has 3 nitrogen and oxygen atoms in total. The van der Waals surface area contributed by atoms with Crippen LogP contribution in [0.15, 0.2) is 0 Å². The molecule has 0 aromatic heterocycles. The molecule has 78 valence electrons. The van der Waals surface area contributed by atoms with Crippen LogP contribution in [0.1, 0.15) is 39.5 Å². The molecule has 0 aliphatic heterocycles. The Bertz CT molecular complexity index is 156. The lowest BCUT2D eigenvalue weighted by Gasteiger charge is -2.26. The highest BCUT2D eigenvalue weighted by Gasteiger charge is 2.35. The third kappa shape index (κ3) is 3.35. The summed E-state index contributed by atoms with van der Waals surface area (Å²) in [4.78, 5) is 11.1. The van der Waals surface area contributed by atoms with Gasteiger partial charge in [-0.3, -0.25) is 4.79 Å². The summed E-state index contributed by atoms with van der Waals surface area (Å²) in [5, 5.41) is 9.10. The molecule has 0 fully saturated rings. The molecule has 3 heteroatoms. The number of hydrogen-bond acceptors (Lipinski definition) is 2. The number of hydrogen-bond donors (Lipinski definition) is 1. The Kier molecular flexibility index (Phi) is 5.71. The Morgan fingerprint density at radius 2 is 2.08 bits per heavy atom. The van der Waals surface area contributed by atoms with Gasteiger partial charge in [-0.1, -0.05) is 26.7 Å². The first-order valence-corrected chi connectivity index (χ1v) is 4.85. The lowest BCUT2D eigenvalue weighted by molar-refractivity contribution is -0.153. The topological polar surface area (TPSA) is 46.5 Å². The van der Waals surface area contributed by atoms with Crippen LogP contribution in [-0.2, 0) is 9.53 Å². The van der Waals surface area contributed by atoms with Crippen molar-refractivity contribution in [3.8, 4) is 0 Å². The lowest BCUT2D eigenvalue weighted by atomic mass is 9.81. The maximum atomic E-state index is 11.1. The van der Waals surface area contributed by atoms with Gasteiger partial charge in [0, 0.05) is 7.11 Å². The number of carboxylic acid groups (broad SMARTS) is 1. The number of carboxylic acids is 1. The van der Waals surface area contributed by atoms with Crippen LogP contribution in [0.5, 0.6) is 0 Å². The zero-order chi connectivity index (χ0) is 10.3. The summed E-state index contributed by atoms with van der Waals surface area (Å²) in [5.41, 5.74) is -0.662. The molecule has 0 saturated carbocycles. The van der Waals surface area contributed by atoms with Gasteiger partial charge in [0.1, 0.15) is 0 Å². The van der Waals surface area contributed by atoms with Gasteiger partial charge in [0.2, 0.25) is 0 Å². The monoisotopic (exact) mass is 188 g/mol. The van der Waals surface area contributed by atoms with Gasteiger partial charge in [-0.15, -0.1) is 0 Å². The maximum Gasteiger partial charge on any atom is 0.311 e. The summed E-state index contributed by atoms with van der Waals surface area (Å²) < 4.78 is 4.98. The van der Waals surface area contributed by atoms with Crippen molar-refractivity contribution in [2.24, 2.45) is 5.41 Å². The Balaban J connectivity index is 4.35. The first-order valence-electron chi connectivity index (χ1n) is 4.85. The Hall–Kier alpha value is -0.570. The molecule has 0 rings (SSSR count). The fourth-order valence-electron chi connectivity index (χ4n) is 1.46. The van der Waals surface area contributed by atoms with E-state index in [1.165, 1.54) is 0 Å². The van der Waals surface area contributed by atoms with E-state index in [-0.39, 0.29) is 0 Å². The fraction of sp³-hybridized carbons (Fsp3) is 0.900. The summed E-state index contributed by atoms with van der Waals surface area (Å²) in [5.74, 6) is -0.731. The van der Waals surface area contributed by atoms with Gasteiger partial charge < -0.3 is 9.84 Å². The third-order valence-corrected chi connectivity index (χ3v) is 2.56. The molecule has 0 heterocycles. The molecule has 0 aliphatic rings. The van der Waals surface area contributed by atoms with Gasteiger partial charge in [0.25, 0.3) is 0 Å². The predicted molar refractivity (Wildman–Crippen MR) is 51.8 cm³/mol. The van der Waals surface area contributed by atoms with Gasteiger partial charge in [0.15, 0.2) is 0 Å². The number of unbranched alkanes of at least 4 members (excludes halogenated alkanes) is 1. The average molecular weight is 188 g/mol. The Labute approximate surface area is 80.1 Å². The van der Waals surface area contributed by atoms with Gasteiger partial charge >= 0.3 is 5.97 Å². The van der Waals surface area contributed by atoms with Crippen molar-refractivity contribution < 1.29 is 14.6 Å². The lowest BCUT2D eigenvalue weighted by Crippen LogP contribution is -2.35. The molecular weight excluding hydrogens is 168 g/mol. The van der Waals surface area contributed by atoms with E-state index in [2.05, 4.69) is 6.92 Å². The minimum Gasteiger partial charge on any atom is -0.481 e. The second-order valence-corrected chi connectivity index (χ2v) is 3.48. The number of rotatable bonds is 7. The van der Waals surface area contributed by atoms with Crippen molar-refractivity contribution >= 4 is 5.97 Å². The summed E-state index contributed by atoms with van der Waals surface area (Å²) in [6.45, 7) is 4.29. The SMILES string of the molecule is CCCCC(CC)(COC)C(=O)O. The number of aliphatic carboxylic acids is 1. The Morgan fingerprint density at radius 1 is 1.46 bits per heavy atom. The average Bonchev–Trinajstić information content (AvgIpc) is 2.12. The normalized spacial score (nSPS) is 15.3. The molecule has 0 saturated heterocycles. The second-order valence-electron chi connectivity index (χ2n) is 3.48. The van der Waals surface area contributed by atoms with Gasteiger partial charge in [-0.25, -0.2) is 0 Å². The van der Waals surface area contributed by atoms with Crippen molar-refractivity contribution in [3.05, 3.63) is 0 Å². The van der Waals surface area contributed by atoms with Crippen LogP contribution in [-0.4, -0.2) is 24.8 Å². The first-order chi connectivity index (χ1) is 6.13. The molecule has 0 aromatic rings. The minimum absolute atomic E-state index is 0.318. The number of carbonyl (C=O) groups is 1. The van der Waals surface area contributed by atoms with E-state index >= 15 is 0 Å². The number of ether oxygens (including phenoxy) is 1. The summed E-state index contributed by atoms with van der Waals surface area (Å²) in [7, 11) is 1.55. The minimum atomic E-state index is -0.731. The summed E-state index contributed by atoms with van der Waals surface area (Å²) in [6.07, 6.45) is 3.32. The molecule has 0 spiro atoms. The zero-order valence-corrected chi connectivity index (χ0v) is 8.80. The Morgan fingerprint density at radius 3 is 2.38 bits per heavy atom. The standard InChI is InChI=1S/C10H20O3/c1-4-6-7-10(5-2,8-13-3)9(11)12/h4-8H2,1-3H3,(H,11,12). The highest BCUT2D eigenvalue weighted by molar-refractivity contribution is 5.74. The molecule has 1 unspecified atom stereocenters. The van der Waals surface area contributed by atoms with Crippen LogP contribution in [0.4, 0.5) is 0 Å². The molecular formula is C10H20O3. The van der Waals surface area contributed by atoms with Gasteiger partial charge in [0.05, 0.1) is 12.0 Å². The maximum absolute atomic E-state index is 11.1. The van der Waals surface area contributed by atoms with E-state index in [0.717, 1.165) is 12.8 Å². The van der Waals surface area contributed by atoms with E-state index in [1.807, 2.05) is 6.92 Å². The van der Waals surface area contributed by atoms with E-state index in [1.54, 1.807) is 7.11 Å². The molecule has 13 heavy (non-hydrogen) atoms. The van der Waals surface area contributed by atoms with Crippen LogP contribution in [0.25, 0.3) is 0 Å². The van der Waals surface area contributed by atoms with E-state index in [9.17, 15) is 4.79 Å². The first kappa shape index (κ1) is 12.4. The summed E-state index contributed by atoms with van der Waals surface area (Å²) >= 11 is 0. The van der Waals surface area contributed by atoms with Crippen molar-refractivity contribution in [1.29, 1.82) is 0 Å². The van der Waals surface area contributed by atoms with Crippen molar-refractivity contribution in [3.63, 3.8) is 0 Å². The smallest absolute Gasteiger partial charge is 0.311 e. The predicted octanol–water partition coefficient (Wildman–Crippen LogP) is 2.30. The van der Waals surface area contributed by atoms with E-state index < -0.39 is 11.4 Å². The second kappa shape index (κ2) is 5.97.